The molecule has 15 heavy (non-hydrogen) atoms. The van der Waals surface area contributed by atoms with E-state index in [2.05, 4.69) is 20.2 Å². The first-order valence-electron chi connectivity index (χ1n) is 4.19. The Morgan fingerprint density at radius 3 is 2.53 bits per heavy atom. The Balaban J connectivity index is 3.93. The summed E-state index contributed by atoms with van der Waals surface area (Å²) in [5, 5.41) is 0. The van der Waals surface area contributed by atoms with Crippen LogP contribution in [0.1, 0.15) is 13.8 Å². The average Bonchev–Trinajstić information content (AvgIpc) is 2.11. The van der Waals surface area contributed by atoms with E-state index in [-0.39, 0.29) is 12.7 Å². The minimum Gasteiger partial charge on any atom is -0.432 e. The van der Waals surface area contributed by atoms with Gasteiger partial charge in [0.2, 0.25) is 5.94 Å². The van der Waals surface area contributed by atoms with Gasteiger partial charge in [0.15, 0.2) is 0 Å². The van der Waals surface area contributed by atoms with E-state index in [1.54, 1.807) is 13.8 Å². The molecule has 0 aromatic carbocycles. The lowest BCUT2D eigenvalue weighted by molar-refractivity contribution is 0.0434. The van der Waals surface area contributed by atoms with Gasteiger partial charge in [0.05, 0.1) is 12.7 Å². The molecular formula is C8H14O6S. The van der Waals surface area contributed by atoms with E-state index in [0.29, 0.717) is 0 Å². The van der Waals surface area contributed by atoms with Crippen molar-refractivity contribution in [1.82, 2.24) is 0 Å². The van der Waals surface area contributed by atoms with E-state index in [4.69, 9.17) is 0 Å². The van der Waals surface area contributed by atoms with Crippen molar-refractivity contribution >= 4 is 16.3 Å². The van der Waals surface area contributed by atoms with Gasteiger partial charge in [-0.1, -0.05) is 6.08 Å². The summed E-state index contributed by atoms with van der Waals surface area (Å²) < 4.78 is 35.2. The number of ether oxygens (including phenoxy) is 2. The van der Waals surface area contributed by atoms with Crippen LogP contribution < -0.4 is 0 Å². The van der Waals surface area contributed by atoms with Crippen molar-refractivity contribution in [2.75, 3.05) is 12.5 Å². The first-order valence-corrected chi connectivity index (χ1v) is 5.76. The predicted molar refractivity (Wildman–Crippen MR) is 52.6 cm³/mol. The van der Waals surface area contributed by atoms with E-state index < -0.39 is 22.2 Å². The normalized spacial score (nSPS) is 11.1. The van der Waals surface area contributed by atoms with Crippen LogP contribution in [-0.2, 0) is 23.8 Å². The van der Waals surface area contributed by atoms with Crippen LogP contribution in [0.3, 0.4) is 0 Å². The fourth-order valence-corrected chi connectivity index (χ4v) is 1.14. The molecule has 88 valence electrons. The van der Waals surface area contributed by atoms with Crippen molar-refractivity contribution in [3.05, 3.63) is 12.7 Å². The van der Waals surface area contributed by atoms with Crippen LogP contribution in [0.25, 0.3) is 0 Å². The molecule has 0 saturated carbocycles. The maximum absolute atomic E-state index is 11.0. The zero-order valence-corrected chi connectivity index (χ0v) is 9.45. The van der Waals surface area contributed by atoms with Crippen LogP contribution in [-0.4, -0.2) is 33.2 Å². The summed E-state index contributed by atoms with van der Waals surface area (Å²) in [5.74, 6) is -0.869. The highest BCUT2D eigenvalue weighted by atomic mass is 32.2. The lowest BCUT2D eigenvalue weighted by Gasteiger charge is -2.08. The van der Waals surface area contributed by atoms with Gasteiger partial charge in [0.1, 0.15) is 0 Å². The van der Waals surface area contributed by atoms with Gasteiger partial charge in [-0.15, -0.1) is 6.58 Å². The molecule has 6 nitrogen and oxygen atoms in total. The van der Waals surface area contributed by atoms with Gasteiger partial charge in [0, 0.05) is 0 Å². The standard InChI is InChI=1S/C8H14O6S/c1-4-5-13-15(10,11)6-12-8(9)14-7(2)3/h4,7H,1,5-6H2,2-3H3. The van der Waals surface area contributed by atoms with Crippen molar-refractivity contribution < 1.29 is 26.9 Å². The molecule has 0 heterocycles. The maximum atomic E-state index is 11.0. The van der Waals surface area contributed by atoms with Crippen LogP contribution in [0.5, 0.6) is 0 Å². The lowest BCUT2D eigenvalue weighted by Crippen LogP contribution is -2.19. The van der Waals surface area contributed by atoms with E-state index in [0.717, 1.165) is 0 Å². The molecule has 0 bridgehead atoms. The largest absolute Gasteiger partial charge is 0.509 e. The highest BCUT2D eigenvalue weighted by Crippen LogP contribution is 1.98. The minimum atomic E-state index is -3.87. The predicted octanol–water partition coefficient (Wildman–Crippen LogP) is 1.04. The molecule has 0 aliphatic carbocycles. The Kier molecular flexibility index (Phi) is 5.95. The van der Waals surface area contributed by atoms with Gasteiger partial charge in [-0.3, -0.25) is 4.18 Å². The molecule has 0 saturated heterocycles. The molecule has 0 amide bonds. The Labute approximate surface area is 88.9 Å². The third kappa shape index (κ3) is 7.95. The van der Waals surface area contributed by atoms with Gasteiger partial charge in [-0.25, -0.2) is 4.79 Å². The third-order valence-corrected chi connectivity index (χ3v) is 1.92. The molecule has 0 aromatic rings. The zero-order valence-electron chi connectivity index (χ0n) is 8.63. The first kappa shape index (κ1) is 13.9. The summed E-state index contributed by atoms with van der Waals surface area (Å²) >= 11 is 0. The summed E-state index contributed by atoms with van der Waals surface area (Å²) in [6.45, 7) is 6.34. The number of hydrogen-bond acceptors (Lipinski definition) is 6. The monoisotopic (exact) mass is 238 g/mol. The van der Waals surface area contributed by atoms with Gasteiger partial charge in [-0.2, -0.15) is 8.42 Å². The van der Waals surface area contributed by atoms with E-state index in [1.807, 2.05) is 0 Å². The van der Waals surface area contributed by atoms with Crippen molar-refractivity contribution in [3.63, 3.8) is 0 Å². The molecule has 0 spiro atoms. The van der Waals surface area contributed by atoms with E-state index >= 15 is 0 Å². The van der Waals surface area contributed by atoms with Crippen molar-refractivity contribution in [2.45, 2.75) is 20.0 Å². The highest BCUT2D eigenvalue weighted by molar-refractivity contribution is 7.86. The van der Waals surface area contributed by atoms with Crippen molar-refractivity contribution in [2.24, 2.45) is 0 Å². The molecule has 0 unspecified atom stereocenters. The number of rotatable bonds is 6. The molecule has 0 fully saturated rings. The first-order chi connectivity index (χ1) is 6.87. The summed E-state index contributed by atoms with van der Waals surface area (Å²) in [5.41, 5.74) is 0. The van der Waals surface area contributed by atoms with Gasteiger partial charge < -0.3 is 9.47 Å². The van der Waals surface area contributed by atoms with E-state index in [9.17, 15) is 13.2 Å². The van der Waals surface area contributed by atoms with Gasteiger partial charge in [0.25, 0.3) is 0 Å². The van der Waals surface area contributed by atoms with Gasteiger partial charge >= 0.3 is 16.3 Å². The lowest BCUT2D eigenvalue weighted by atomic mass is 10.5. The van der Waals surface area contributed by atoms with Crippen LogP contribution >= 0.6 is 0 Å². The number of hydrogen-bond donors (Lipinski definition) is 0. The molecule has 0 radical (unpaired) electrons. The number of carbonyl (C=O) groups is 1. The van der Waals surface area contributed by atoms with Crippen molar-refractivity contribution in [1.29, 1.82) is 0 Å². The zero-order chi connectivity index (χ0) is 11.9. The molecule has 0 aliphatic rings. The third-order valence-electron chi connectivity index (χ3n) is 1.02. The number of carbonyl (C=O) groups excluding carboxylic acids is 1. The Morgan fingerprint density at radius 2 is 2.07 bits per heavy atom. The Morgan fingerprint density at radius 1 is 1.47 bits per heavy atom. The Bertz CT molecular complexity index is 305. The summed E-state index contributed by atoms with van der Waals surface area (Å²) in [6.07, 6.45) is -0.144. The smallest absolute Gasteiger partial charge is 0.432 e. The molecular weight excluding hydrogens is 224 g/mol. The molecule has 0 N–H and O–H groups in total. The second kappa shape index (κ2) is 6.41. The molecule has 0 atom stereocenters. The summed E-state index contributed by atoms with van der Waals surface area (Å²) in [6, 6.07) is 0. The highest BCUT2D eigenvalue weighted by Gasteiger charge is 2.15. The van der Waals surface area contributed by atoms with Crippen molar-refractivity contribution in [3.8, 4) is 0 Å². The maximum Gasteiger partial charge on any atom is 0.509 e. The minimum absolute atomic E-state index is 0.162. The second-order valence-corrected chi connectivity index (χ2v) is 4.40. The Hall–Kier alpha value is -1.08. The average molecular weight is 238 g/mol. The summed E-state index contributed by atoms with van der Waals surface area (Å²) in [4.78, 5) is 10.8. The fraction of sp³-hybridized carbons (Fsp3) is 0.625. The molecule has 0 rings (SSSR count). The van der Waals surface area contributed by atoms with Crippen LogP contribution in [0.2, 0.25) is 0 Å². The topological polar surface area (TPSA) is 78.9 Å². The quantitative estimate of drug-likeness (QED) is 0.391. The SMILES string of the molecule is C=CCOS(=O)(=O)COC(=O)OC(C)C. The van der Waals surface area contributed by atoms with Crippen LogP contribution in [0.15, 0.2) is 12.7 Å². The van der Waals surface area contributed by atoms with Gasteiger partial charge in [-0.05, 0) is 13.8 Å². The molecule has 0 aromatic heterocycles. The fourth-order valence-electron chi connectivity index (χ4n) is 0.533. The molecule has 0 aliphatic heterocycles. The van der Waals surface area contributed by atoms with E-state index in [1.165, 1.54) is 6.08 Å². The van der Waals surface area contributed by atoms with Crippen LogP contribution in [0, 0.1) is 0 Å². The van der Waals surface area contributed by atoms with Crippen LogP contribution in [0.4, 0.5) is 4.79 Å². The summed E-state index contributed by atoms with van der Waals surface area (Å²) in [7, 11) is -3.87. The molecule has 7 heteroatoms. The second-order valence-electron chi connectivity index (χ2n) is 2.81.